The molecule has 2 aliphatic heterocycles. The molecule has 4 atom stereocenters. The van der Waals surface area contributed by atoms with Crippen LogP contribution >= 0.6 is 47.0 Å². The summed E-state index contributed by atoms with van der Waals surface area (Å²) in [4.78, 5) is 11.7. The van der Waals surface area contributed by atoms with E-state index < -0.39 is 25.0 Å². The molecule has 0 aromatic heterocycles. The number of thioether (sulfide) groups is 4. The molecule has 0 bridgehead atoms. The van der Waals surface area contributed by atoms with Gasteiger partial charge in [0.25, 0.3) is 0 Å². The lowest BCUT2D eigenvalue weighted by Crippen LogP contribution is -2.31. The van der Waals surface area contributed by atoms with E-state index >= 15 is 0 Å². The van der Waals surface area contributed by atoms with E-state index in [0.717, 1.165) is 67.6 Å². The third-order valence-electron chi connectivity index (χ3n) is 14.7. The third kappa shape index (κ3) is 36.2. The highest BCUT2D eigenvalue weighted by Crippen LogP contribution is 2.39. The van der Waals surface area contributed by atoms with E-state index in [4.69, 9.17) is 28.3 Å². The average molecular weight is 1370 g/mol. The van der Waals surface area contributed by atoms with Gasteiger partial charge < -0.3 is 51.1 Å². The fourth-order valence-electron chi connectivity index (χ4n) is 10.2. The molecule has 11 nitrogen and oxygen atoms in total. The zero-order chi connectivity index (χ0) is 73.1. The number of aliphatic hydroxyl groups excluding tert-OH is 2. The van der Waals surface area contributed by atoms with Crippen molar-refractivity contribution in [3.05, 3.63) is 238 Å². The summed E-state index contributed by atoms with van der Waals surface area (Å²) in [6.07, 6.45) is 6.22. The lowest BCUT2D eigenvalue weighted by molar-refractivity contribution is 0.124. The van der Waals surface area contributed by atoms with Crippen LogP contribution in [0.25, 0.3) is 0 Å². The number of rotatable bonds is 17. The summed E-state index contributed by atoms with van der Waals surface area (Å²) in [5, 5.41) is 64.3. The number of likely N-dealkylation sites (N-methyl/N-ethyl adjacent to an activating group) is 4. The maximum Gasteiger partial charge on any atom is 0.119 e. The van der Waals surface area contributed by atoms with E-state index in [9.17, 15) is 25.5 Å². The monoisotopic (exact) mass is 1370 g/mol. The number of aromatic hydroxyl groups is 4. The summed E-state index contributed by atoms with van der Waals surface area (Å²) in [6, 6.07) is 59.5. The van der Waals surface area contributed by atoms with Gasteiger partial charge in [0.15, 0.2) is 0 Å². The van der Waals surface area contributed by atoms with Crippen molar-refractivity contribution in [1.29, 1.82) is 0 Å². The number of hydrogen-bond donors (Lipinski definition) is 8. The van der Waals surface area contributed by atoms with Crippen LogP contribution in [0, 0.1) is 0 Å². The molecule has 8 N–H and O–H groups in total. The Bertz CT molecular complexity index is 3410. The third-order valence-corrected chi connectivity index (χ3v) is 17.7. The summed E-state index contributed by atoms with van der Waals surface area (Å²) in [6.45, 7) is 6.42. The van der Waals surface area contributed by atoms with Crippen LogP contribution in [0.1, 0.15) is 79.7 Å². The molecule has 8 aromatic carbocycles. The largest absolute Gasteiger partial charge is 0.508 e. The van der Waals surface area contributed by atoms with Gasteiger partial charge in [-0.3, -0.25) is 4.90 Å². The quantitative estimate of drug-likeness (QED) is 0.0331. The Labute approximate surface area is 627 Å². The Morgan fingerprint density at radius 1 is 0.535 bits per heavy atom. The SMILES string of the molecule is CNCC(O)c1ccc(SC)cc1.CNCc1cccc(O)c1.CSc1ccc(C(O)CN(C)Cc2cccc(O)c2)cc1.CSc1ccc(C2CN(C)Cc3cc(O)ccc32)cc1.CSc1ccc(C2CN(C)Cc3cccc(O)c32)cc1.[B].[B]B([B])[B].[B][B].[B][B]B([B])[B].[B][B][B]. The van der Waals surface area contributed by atoms with Gasteiger partial charge in [-0.1, -0.05) is 91.0 Å². The van der Waals surface area contributed by atoms with Gasteiger partial charge in [0, 0.05) is 202 Å². The molecule has 0 saturated heterocycles. The molecule has 10 rings (SSSR count). The minimum absolute atomic E-state index is 0. The molecule has 30 heteroatoms. The second kappa shape index (κ2) is 52.9. The van der Waals surface area contributed by atoms with E-state index in [-0.39, 0.29) is 20.1 Å². The molecule has 0 aliphatic carbocycles. The predicted molar refractivity (Wildman–Crippen MR) is 441 cm³/mol. The Kier molecular flexibility index (Phi) is 49.2. The molecule has 4 unspecified atom stereocenters. The topological polar surface area (TPSA) is 155 Å². The molecule has 25 radical (unpaired) electrons. The highest BCUT2D eigenvalue weighted by Gasteiger charge is 2.28. The van der Waals surface area contributed by atoms with E-state index in [0.29, 0.717) is 42.8 Å². The lowest BCUT2D eigenvalue weighted by atomic mass is 8.97. The number of nitrogens with zero attached hydrogens (tertiary/aromatic N) is 3. The molecule has 0 saturated carbocycles. The maximum absolute atomic E-state index is 10.3. The van der Waals surface area contributed by atoms with Crippen molar-refractivity contribution in [3.63, 3.8) is 0 Å². The molecule has 8 aromatic rings. The number of benzene rings is 8. The van der Waals surface area contributed by atoms with Gasteiger partial charge in [-0.15, -0.1) is 47.0 Å². The maximum atomic E-state index is 10.3. The lowest BCUT2D eigenvalue weighted by Gasteiger charge is -2.33. The van der Waals surface area contributed by atoms with Crippen LogP contribution in [0.2, 0.25) is 0 Å². The first-order valence-electron chi connectivity index (χ1n) is 31.3. The van der Waals surface area contributed by atoms with Crippen molar-refractivity contribution in [2.45, 2.75) is 69.8 Å². The summed E-state index contributed by atoms with van der Waals surface area (Å²) in [5.41, 5.74) is 11.6. The fraction of sp³-hybridized carbons (Fsp3) is 0.304. The first-order chi connectivity index (χ1) is 47.0. The summed E-state index contributed by atoms with van der Waals surface area (Å²) < 4.78 is 0. The summed E-state index contributed by atoms with van der Waals surface area (Å²) in [5.74, 6) is 2.02. The second-order valence-corrected chi connectivity index (χ2v) is 26.0. The molecular weight excluding hydrogens is 1290 g/mol. The standard InChI is InChI=1S/C17H21NO2S.2C17H19NOS.C10H15NOS.C8H11NO.B5.B4.B3.B2.B/c1-18(11-13-4-3-5-15(19)10-13)12-17(20)14-6-8-16(21-2)9-7-14;1-18-10-13-9-14(19)5-8-16(13)17(11-18)12-3-6-15(20-2)7-4-12;1-18-10-13-4-3-5-16(19)17(13)15(11-18)12-6-8-14(20-2)9-7-12;1-11-7-10(12)8-3-5-9(13-2)6-4-8;1-9-6-7-3-2-4-8(10)5-7;1-4-5(2)3;1-4(2)3;1-3-2;1-2;/h3-10,17,19-20H,11-12H2,1-2H3;3-9,17,19H,10-11H2,1-2H3;3-9,15,19H,10-11H2,1-2H3;3-6,10-12H,7H2,1-2H3;2-5,9-10H,6H2,1H3;;;;;. The van der Waals surface area contributed by atoms with Gasteiger partial charge in [-0.2, -0.15) is 0 Å². The van der Waals surface area contributed by atoms with E-state index in [1.54, 1.807) is 83.4 Å². The number of phenolic OH excluding ortho intramolecular Hbond substituents is 4. The van der Waals surface area contributed by atoms with Gasteiger partial charge in [0.1, 0.15) is 23.0 Å². The first-order valence-corrected chi connectivity index (χ1v) is 36.2. The van der Waals surface area contributed by atoms with Crippen LogP contribution < -0.4 is 10.6 Å². The number of fused-ring (bicyclic) bond motifs is 2. The normalized spacial score (nSPS) is 13.7. The van der Waals surface area contributed by atoms with Crippen molar-refractivity contribution in [2.24, 2.45) is 0 Å². The van der Waals surface area contributed by atoms with Crippen LogP contribution in [0.5, 0.6) is 23.0 Å². The van der Waals surface area contributed by atoms with Gasteiger partial charge >= 0.3 is 0 Å². The van der Waals surface area contributed by atoms with Crippen molar-refractivity contribution in [1.82, 2.24) is 25.3 Å². The highest BCUT2D eigenvalue weighted by atomic mass is 32.2. The van der Waals surface area contributed by atoms with E-state index in [2.05, 4.69) is 162 Å². The number of aliphatic hydroxyl groups is 2. The first kappa shape index (κ1) is 92.1. The highest BCUT2D eigenvalue weighted by molar-refractivity contribution is 7.99. The van der Waals surface area contributed by atoms with Gasteiger partial charge in [0.05, 0.1) is 12.2 Å². The van der Waals surface area contributed by atoms with Gasteiger partial charge in [-0.05, 0) is 201 Å². The van der Waals surface area contributed by atoms with Crippen molar-refractivity contribution >= 4 is 160 Å². The van der Waals surface area contributed by atoms with Crippen LogP contribution in [0.3, 0.4) is 0 Å². The summed E-state index contributed by atoms with van der Waals surface area (Å²) >= 11 is 6.92. The van der Waals surface area contributed by atoms with Crippen LogP contribution in [0.15, 0.2) is 202 Å². The zero-order valence-electron chi connectivity index (χ0n) is 58.6. The smallest absolute Gasteiger partial charge is 0.119 e. The van der Waals surface area contributed by atoms with Gasteiger partial charge in [-0.25, -0.2) is 0 Å². The Hall–Kier alpha value is -4.95. The van der Waals surface area contributed by atoms with Crippen molar-refractivity contribution < 1.29 is 30.6 Å². The average Bonchev–Trinajstić information content (AvgIpc) is 0.794. The van der Waals surface area contributed by atoms with E-state index in [1.807, 2.05) is 123 Å². The van der Waals surface area contributed by atoms with Gasteiger partial charge in [0.2, 0.25) is 0 Å². The minimum atomic E-state index is -0.667. The second-order valence-electron chi connectivity index (χ2n) is 22.5. The molecule has 2 heterocycles. The van der Waals surface area contributed by atoms with Crippen molar-refractivity contribution in [3.8, 4) is 23.0 Å². The fourth-order valence-corrected chi connectivity index (χ4v) is 11.9. The summed E-state index contributed by atoms with van der Waals surface area (Å²) in [7, 11) is 57.7. The molecule has 2 aliphatic rings. The van der Waals surface area contributed by atoms with Crippen LogP contribution in [-0.2, 0) is 26.2 Å². The van der Waals surface area contributed by atoms with Crippen LogP contribution in [-0.4, -0.2) is 244 Å². The Morgan fingerprint density at radius 2 is 0.929 bits per heavy atom. The molecular formula is C69H85B15N5O6S4. The minimum Gasteiger partial charge on any atom is -0.508 e. The van der Waals surface area contributed by atoms with Crippen molar-refractivity contribution in [2.75, 3.05) is 86.4 Å². The Morgan fingerprint density at radius 3 is 1.36 bits per heavy atom. The van der Waals surface area contributed by atoms with E-state index in [1.165, 1.54) is 54.5 Å². The zero-order valence-corrected chi connectivity index (χ0v) is 61.9. The number of nitrogens with one attached hydrogen (secondary N) is 2. The molecule has 0 fully saturated rings. The molecule has 491 valence electrons. The number of phenols is 4. The Balaban J connectivity index is 0.000000598. The molecule has 99 heavy (non-hydrogen) atoms. The molecule has 0 amide bonds. The van der Waals surface area contributed by atoms with Crippen LogP contribution in [0.4, 0.5) is 0 Å². The molecule has 0 spiro atoms. The predicted octanol–water partition coefficient (Wildman–Crippen LogP) is 7.72. The number of hydrogen-bond acceptors (Lipinski definition) is 15.